The number of fused-ring (bicyclic) bond motifs is 5. The molecular formula is C27H40O2. The molecule has 0 radical (unpaired) electrons. The van der Waals surface area contributed by atoms with E-state index in [-0.39, 0.29) is 0 Å². The van der Waals surface area contributed by atoms with Gasteiger partial charge in [0.05, 0.1) is 11.7 Å². The van der Waals surface area contributed by atoms with Crippen molar-refractivity contribution >= 4 is 0 Å². The molecule has 4 aliphatic carbocycles. The van der Waals surface area contributed by atoms with Gasteiger partial charge in [-0.1, -0.05) is 44.2 Å². The summed E-state index contributed by atoms with van der Waals surface area (Å²) in [4.78, 5) is 0. The highest BCUT2D eigenvalue weighted by Gasteiger charge is 2.61. The summed E-state index contributed by atoms with van der Waals surface area (Å²) < 4.78 is 5.95. The molecule has 4 saturated carbocycles. The topological polar surface area (TPSA) is 29.5 Å². The SMILES string of the molecule is COC1CC[C@H]2[C@@H]3CCC4CC(O)(Cc5ccccc5)CC[C@]4(C)[C@@H]3CC[C@]12C. The lowest BCUT2D eigenvalue weighted by atomic mass is 9.44. The fourth-order valence-electron chi connectivity index (χ4n) is 8.80. The van der Waals surface area contributed by atoms with E-state index in [1.165, 1.54) is 50.5 Å². The molecule has 4 aliphatic rings. The highest BCUT2D eigenvalue weighted by atomic mass is 16.5. The van der Waals surface area contributed by atoms with Crippen LogP contribution < -0.4 is 0 Å². The van der Waals surface area contributed by atoms with Crippen LogP contribution in [0.2, 0.25) is 0 Å². The molecule has 1 aromatic carbocycles. The summed E-state index contributed by atoms with van der Waals surface area (Å²) in [6, 6.07) is 10.6. The zero-order valence-corrected chi connectivity index (χ0v) is 18.7. The lowest BCUT2D eigenvalue weighted by Gasteiger charge is -2.62. The Kier molecular flexibility index (Phi) is 4.91. The molecule has 5 rings (SSSR count). The van der Waals surface area contributed by atoms with Crippen LogP contribution in [0.1, 0.15) is 77.2 Å². The molecule has 1 aromatic rings. The minimum absolute atomic E-state index is 0.405. The van der Waals surface area contributed by atoms with Gasteiger partial charge in [-0.3, -0.25) is 0 Å². The van der Waals surface area contributed by atoms with Crippen molar-refractivity contribution in [2.75, 3.05) is 7.11 Å². The third-order valence-corrected chi connectivity index (χ3v) is 10.4. The Morgan fingerprint density at radius 3 is 2.41 bits per heavy atom. The van der Waals surface area contributed by atoms with Crippen molar-refractivity contribution in [3.8, 4) is 0 Å². The van der Waals surface area contributed by atoms with Gasteiger partial charge in [0.15, 0.2) is 0 Å². The van der Waals surface area contributed by atoms with E-state index in [0.29, 0.717) is 22.9 Å². The Hall–Kier alpha value is -0.860. The van der Waals surface area contributed by atoms with Crippen molar-refractivity contribution in [2.45, 2.75) is 89.8 Å². The molecule has 0 aromatic heterocycles. The van der Waals surface area contributed by atoms with Gasteiger partial charge in [-0.2, -0.15) is 0 Å². The highest BCUT2D eigenvalue weighted by Crippen LogP contribution is 2.67. The predicted molar refractivity (Wildman–Crippen MR) is 118 cm³/mol. The van der Waals surface area contributed by atoms with Gasteiger partial charge >= 0.3 is 0 Å². The molecule has 4 fully saturated rings. The zero-order chi connectivity index (χ0) is 20.3. The van der Waals surface area contributed by atoms with Crippen molar-refractivity contribution < 1.29 is 9.84 Å². The van der Waals surface area contributed by atoms with Gasteiger partial charge in [0.1, 0.15) is 0 Å². The van der Waals surface area contributed by atoms with E-state index in [1.807, 2.05) is 7.11 Å². The highest BCUT2D eigenvalue weighted by molar-refractivity contribution is 5.19. The number of ether oxygens (including phenoxy) is 1. The number of rotatable bonds is 3. The second-order valence-corrected chi connectivity index (χ2v) is 11.6. The Labute approximate surface area is 177 Å². The first kappa shape index (κ1) is 20.1. The number of benzene rings is 1. The van der Waals surface area contributed by atoms with Crippen LogP contribution >= 0.6 is 0 Å². The summed E-state index contributed by atoms with van der Waals surface area (Å²) in [7, 11) is 1.93. The number of hydrogen-bond acceptors (Lipinski definition) is 2. The van der Waals surface area contributed by atoms with Crippen LogP contribution in [-0.4, -0.2) is 23.9 Å². The fourth-order valence-corrected chi connectivity index (χ4v) is 8.80. The summed E-state index contributed by atoms with van der Waals surface area (Å²) in [5.41, 5.74) is 1.62. The Morgan fingerprint density at radius 2 is 1.66 bits per heavy atom. The van der Waals surface area contributed by atoms with Crippen LogP contribution in [0.3, 0.4) is 0 Å². The molecule has 0 saturated heterocycles. The van der Waals surface area contributed by atoms with Crippen molar-refractivity contribution in [3.63, 3.8) is 0 Å². The van der Waals surface area contributed by atoms with E-state index < -0.39 is 5.60 Å². The molecule has 0 amide bonds. The standard InChI is InChI=1S/C27H40O2/c1-25-15-16-27(28,17-19-7-5-4-6-8-19)18-20(25)9-10-21-22-11-12-24(29-3)26(22,2)14-13-23(21)25/h4-8,20-24,28H,9-18H2,1-3H3/t20?,21-,22-,23+,24?,25-,26-,27?/m0/s1. The van der Waals surface area contributed by atoms with E-state index in [2.05, 4.69) is 44.2 Å². The maximum absolute atomic E-state index is 11.5. The summed E-state index contributed by atoms with van der Waals surface area (Å²) >= 11 is 0. The van der Waals surface area contributed by atoms with Gasteiger partial charge in [0.2, 0.25) is 0 Å². The molecule has 3 unspecified atom stereocenters. The first-order valence-electron chi connectivity index (χ1n) is 12.2. The number of hydrogen-bond donors (Lipinski definition) is 1. The molecule has 0 heterocycles. The van der Waals surface area contributed by atoms with Gasteiger partial charge in [-0.05, 0) is 97.9 Å². The minimum Gasteiger partial charge on any atom is -0.390 e. The number of aliphatic hydroxyl groups is 1. The molecule has 160 valence electrons. The van der Waals surface area contributed by atoms with E-state index in [0.717, 1.165) is 37.0 Å². The van der Waals surface area contributed by atoms with Crippen LogP contribution in [0.5, 0.6) is 0 Å². The Bertz CT molecular complexity index is 731. The second-order valence-electron chi connectivity index (χ2n) is 11.6. The molecule has 2 nitrogen and oxygen atoms in total. The van der Waals surface area contributed by atoms with E-state index >= 15 is 0 Å². The average Bonchev–Trinajstić information content (AvgIpc) is 3.06. The third-order valence-electron chi connectivity index (χ3n) is 10.4. The third kappa shape index (κ3) is 3.12. The molecule has 1 N–H and O–H groups in total. The average molecular weight is 397 g/mol. The van der Waals surface area contributed by atoms with Crippen molar-refractivity contribution in [2.24, 2.45) is 34.5 Å². The fraction of sp³-hybridized carbons (Fsp3) is 0.778. The van der Waals surface area contributed by atoms with Crippen molar-refractivity contribution in [1.29, 1.82) is 0 Å². The molecule has 2 heteroatoms. The van der Waals surface area contributed by atoms with Gasteiger partial charge in [0, 0.05) is 13.5 Å². The van der Waals surface area contributed by atoms with Crippen LogP contribution in [0.25, 0.3) is 0 Å². The van der Waals surface area contributed by atoms with Crippen LogP contribution in [-0.2, 0) is 11.2 Å². The quantitative estimate of drug-likeness (QED) is 0.677. The summed E-state index contributed by atoms with van der Waals surface area (Å²) in [5.74, 6) is 3.29. The van der Waals surface area contributed by atoms with Gasteiger partial charge < -0.3 is 9.84 Å². The second kappa shape index (κ2) is 7.09. The van der Waals surface area contributed by atoms with Gasteiger partial charge in [0.25, 0.3) is 0 Å². The first-order valence-corrected chi connectivity index (χ1v) is 12.2. The van der Waals surface area contributed by atoms with Gasteiger partial charge in [-0.25, -0.2) is 0 Å². The molecule has 0 bridgehead atoms. The predicted octanol–water partition coefficient (Wildman–Crippen LogP) is 6.02. The summed E-state index contributed by atoms with van der Waals surface area (Å²) in [6.45, 7) is 5.13. The summed E-state index contributed by atoms with van der Waals surface area (Å²) in [5, 5.41) is 11.5. The van der Waals surface area contributed by atoms with Crippen LogP contribution in [0, 0.1) is 34.5 Å². The maximum Gasteiger partial charge on any atom is 0.0691 e. The smallest absolute Gasteiger partial charge is 0.0691 e. The molecule has 29 heavy (non-hydrogen) atoms. The molecular weight excluding hydrogens is 356 g/mol. The molecule has 0 spiro atoms. The van der Waals surface area contributed by atoms with Crippen molar-refractivity contribution in [3.05, 3.63) is 35.9 Å². The Balaban J connectivity index is 1.34. The lowest BCUT2D eigenvalue weighted by Crippen LogP contribution is -2.56. The monoisotopic (exact) mass is 396 g/mol. The van der Waals surface area contributed by atoms with Gasteiger partial charge in [-0.15, -0.1) is 0 Å². The van der Waals surface area contributed by atoms with E-state index in [9.17, 15) is 5.11 Å². The van der Waals surface area contributed by atoms with E-state index in [4.69, 9.17) is 4.74 Å². The van der Waals surface area contributed by atoms with Crippen LogP contribution in [0.4, 0.5) is 0 Å². The molecule has 0 aliphatic heterocycles. The van der Waals surface area contributed by atoms with Crippen molar-refractivity contribution in [1.82, 2.24) is 0 Å². The minimum atomic E-state index is -0.504. The largest absolute Gasteiger partial charge is 0.390 e. The van der Waals surface area contributed by atoms with Crippen LogP contribution in [0.15, 0.2) is 30.3 Å². The summed E-state index contributed by atoms with van der Waals surface area (Å²) in [6.07, 6.45) is 12.5. The zero-order valence-electron chi connectivity index (χ0n) is 18.7. The number of methoxy groups -OCH3 is 1. The molecule has 8 atom stereocenters. The maximum atomic E-state index is 11.5. The Morgan fingerprint density at radius 1 is 0.897 bits per heavy atom. The normalized spacial score (nSPS) is 49.2. The first-order chi connectivity index (χ1) is 13.9. The van der Waals surface area contributed by atoms with E-state index in [1.54, 1.807) is 0 Å². The lowest BCUT2D eigenvalue weighted by molar-refractivity contribution is -0.156.